The first kappa shape index (κ1) is 14.6. The number of hydrogen-bond acceptors (Lipinski definition) is 2. The fourth-order valence-electron chi connectivity index (χ4n) is 2.94. The van der Waals surface area contributed by atoms with Gasteiger partial charge in [-0.1, -0.05) is 17.7 Å². The van der Waals surface area contributed by atoms with Crippen LogP contribution in [0.5, 0.6) is 0 Å². The van der Waals surface area contributed by atoms with E-state index < -0.39 is 0 Å². The Labute approximate surface area is 120 Å². The van der Waals surface area contributed by atoms with Crippen molar-refractivity contribution in [2.75, 3.05) is 0 Å². The highest BCUT2D eigenvalue weighted by Crippen LogP contribution is 2.24. The van der Waals surface area contributed by atoms with Gasteiger partial charge in [-0.25, -0.2) is 0 Å². The van der Waals surface area contributed by atoms with Crippen molar-refractivity contribution in [1.82, 2.24) is 0 Å². The highest BCUT2D eigenvalue weighted by Gasteiger charge is 2.20. The van der Waals surface area contributed by atoms with Gasteiger partial charge in [0.25, 0.3) is 0 Å². The van der Waals surface area contributed by atoms with Crippen LogP contribution in [0.4, 0.5) is 0 Å². The summed E-state index contributed by atoms with van der Waals surface area (Å²) in [5.74, 6) is 1.71. The first-order valence-corrected chi connectivity index (χ1v) is 6.97. The van der Waals surface area contributed by atoms with Crippen molar-refractivity contribution in [3.63, 3.8) is 0 Å². The first-order chi connectivity index (χ1) is 9.31. The molecule has 0 saturated carbocycles. The smallest absolute Gasteiger partial charge is 0.171 e. The summed E-state index contributed by atoms with van der Waals surface area (Å²) >= 11 is 0. The predicted octanol–water partition coefficient (Wildman–Crippen LogP) is 4.56. The molecule has 0 bridgehead atoms. The number of Topliss-reactive ketones (excluding diaryl/α,β-unsaturated/α-hetero) is 1. The molecule has 1 aromatic carbocycles. The van der Waals surface area contributed by atoms with Crippen LogP contribution in [0.1, 0.15) is 49.7 Å². The molecule has 0 aliphatic rings. The molecule has 1 aromatic heterocycles. The molecule has 0 aliphatic heterocycles. The van der Waals surface area contributed by atoms with E-state index in [1.807, 2.05) is 20.8 Å². The standard InChI is InChI=1S/C18H22O2/c1-10-7-11(2)16(12(3)8-10)9-17(19)18-13(4)14(5)20-15(18)6/h7-8H,9H2,1-6H3. The molecule has 0 aliphatic carbocycles. The molecule has 0 fully saturated rings. The van der Waals surface area contributed by atoms with Crippen molar-refractivity contribution in [1.29, 1.82) is 0 Å². The van der Waals surface area contributed by atoms with Gasteiger partial charge < -0.3 is 4.42 Å². The fraction of sp³-hybridized carbons (Fsp3) is 0.389. The molecule has 2 aromatic rings. The van der Waals surface area contributed by atoms with Gasteiger partial charge in [-0.05, 0) is 58.2 Å². The summed E-state index contributed by atoms with van der Waals surface area (Å²) in [4.78, 5) is 12.6. The maximum absolute atomic E-state index is 12.6. The molecule has 0 unspecified atom stereocenters. The van der Waals surface area contributed by atoms with Gasteiger partial charge in [-0.2, -0.15) is 0 Å². The molecule has 0 N–H and O–H groups in total. The SMILES string of the molecule is Cc1cc(C)c(CC(=O)c2c(C)oc(C)c2C)c(C)c1. The van der Waals surface area contributed by atoms with Crippen LogP contribution in [0.25, 0.3) is 0 Å². The van der Waals surface area contributed by atoms with Crippen molar-refractivity contribution in [2.45, 2.75) is 48.0 Å². The molecule has 0 radical (unpaired) electrons. The summed E-state index contributed by atoms with van der Waals surface area (Å²) in [6.45, 7) is 11.9. The maximum Gasteiger partial charge on any atom is 0.171 e. The van der Waals surface area contributed by atoms with Crippen LogP contribution >= 0.6 is 0 Å². The van der Waals surface area contributed by atoms with Crippen LogP contribution in [0, 0.1) is 41.5 Å². The minimum atomic E-state index is 0.145. The largest absolute Gasteiger partial charge is 0.466 e. The molecule has 0 amide bonds. The fourth-order valence-corrected chi connectivity index (χ4v) is 2.94. The van der Waals surface area contributed by atoms with Crippen LogP contribution < -0.4 is 0 Å². The van der Waals surface area contributed by atoms with Crippen molar-refractivity contribution in [2.24, 2.45) is 0 Å². The lowest BCUT2D eigenvalue weighted by atomic mass is 9.93. The zero-order chi connectivity index (χ0) is 15.0. The molecular formula is C18H22O2. The number of benzene rings is 1. The topological polar surface area (TPSA) is 30.2 Å². The number of furan rings is 1. The van der Waals surface area contributed by atoms with E-state index in [9.17, 15) is 4.79 Å². The van der Waals surface area contributed by atoms with Crippen LogP contribution in [0.15, 0.2) is 16.5 Å². The van der Waals surface area contributed by atoms with Gasteiger partial charge in [0.15, 0.2) is 5.78 Å². The molecule has 20 heavy (non-hydrogen) atoms. The molecule has 0 saturated heterocycles. The molecule has 106 valence electrons. The number of aryl methyl sites for hydroxylation is 5. The van der Waals surface area contributed by atoms with Gasteiger partial charge in [-0.3, -0.25) is 4.79 Å². The highest BCUT2D eigenvalue weighted by molar-refractivity contribution is 6.00. The van der Waals surface area contributed by atoms with E-state index in [-0.39, 0.29) is 5.78 Å². The Morgan fingerprint density at radius 1 is 0.950 bits per heavy atom. The molecule has 0 atom stereocenters. The summed E-state index contributed by atoms with van der Waals surface area (Å²) < 4.78 is 5.56. The monoisotopic (exact) mass is 270 g/mol. The van der Waals surface area contributed by atoms with E-state index in [2.05, 4.69) is 32.9 Å². The second-order valence-corrected chi connectivity index (χ2v) is 5.69. The Hall–Kier alpha value is -1.83. The summed E-state index contributed by atoms with van der Waals surface area (Å²) in [5.41, 5.74) is 6.47. The third kappa shape index (κ3) is 2.55. The molecule has 0 spiro atoms. The minimum Gasteiger partial charge on any atom is -0.466 e. The number of ketones is 1. The third-order valence-corrected chi connectivity index (χ3v) is 4.02. The zero-order valence-corrected chi connectivity index (χ0v) is 13.2. The van der Waals surface area contributed by atoms with Crippen LogP contribution in [-0.2, 0) is 6.42 Å². The summed E-state index contributed by atoms with van der Waals surface area (Å²) in [7, 11) is 0. The molecule has 2 nitrogen and oxygen atoms in total. The van der Waals surface area contributed by atoms with Gasteiger partial charge in [0.2, 0.25) is 0 Å². The van der Waals surface area contributed by atoms with E-state index >= 15 is 0 Å². The highest BCUT2D eigenvalue weighted by atomic mass is 16.3. The molecular weight excluding hydrogens is 248 g/mol. The average molecular weight is 270 g/mol. The van der Waals surface area contributed by atoms with Gasteiger partial charge in [-0.15, -0.1) is 0 Å². The molecule has 2 rings (SSSR count). The number of carbonyl (C=O) groups excluding carboxylic acids is 1. The van der Waals surface area contributed by atoms with Crippen molar-refractivity contribution >= 4 is 5.78 Å². The Morgan fingerprint density at radius 3 is 1.95 bits per heavy atom. The van der Waals surface area contributed by atoms with E-state index in [1.165, 1.54) is 16.7 Å². The molecule has 2 heteroatoms. The van der Waals surface area contributed by atoms with Gasteiger partial charge in [0, 0.05) is 12.0 Å². The quantitative estimate of drug-likeness (QED) is 0.766. The average Bonchev–Trinajstić information content (AvgIpc) is 2.58. The lowest BCUT2D eigenvalue weighted by molar-refractivity contribution is 0.0990. The Kier molecular flexibility index (Phi) is 3.85. The molecule has 1 heterocycles. The number of rotatable bonds is 3. The Morgan fingerprint density at radius 2 is 1.50 bits per heavy atom. The second-order valence-electron chi connectivity index (χ2n) is 5.69. The zero-order valence-electron chi connectivity index (χ0n) is 13.2. The lowest BCUT2D eigenvalue weighted by Gasteiger charge is -2.11. The maximum atomic E-state index is 12.6. The summed E-state index contributed by atoms with van der Waals surface area (Å²) in [6, 6.07) is 4.27. The van der Waals surface area contributed by atoms with E-state index in [1.54, 1.807) is 0 Å². The van der Waals surface area contributed by atoms with Crippen molar-refractivity contribution in [3.05, 3.63) is 57.0 Å². The van der Waals surface area contributed by atoms with Crippen LogP contribution in [-0.4, -0.2) is 5.78 Å². The van der Waals surface area contributed by atoms with E-state index in [0.29, 0.717) is 6.42 Å². The van der Waals surface area contributed by atoms with Gasteiger partial charge in [0.05, 0.1) is 5.56 Å². The van der Waals surface area contributed by atoms with Gasteiger partial charge >= 0.3 is 0 Å². The van der Waals surface area contributed by atoms with Crippen LogP contribution in [0.3, 0.4) is 0 Å². The normalized spacial score (nSPS) is 10.9. The third-order valence-electron chi connectivity index (χ3n) is 4.02. The van der Waals surface area contributed by atoms with E-state index in [0.717, 1.165) is 28.2 Å². The number of carbonyl (C=O) groups is 1. The van der Waals surface area contributed by atoms with E-state index in [4.69, 9.17) is 4.42 Å². The predicted molar refractivity (Wildman–Crippen MR) is 81.6 cm³/mol. The van der Waals surface area contributed by atoms with Crippen molar-refractivity contribution in [3.8, 4) is 0 Å². The second kappa shape index (κ2) is 5.28. The Bertz CT molecular complexity index is 652. The summed E-state index contributed by atoms with van der Waals surface area (Å²) in [6.07, 6.45) is 0.443. The minimum absolute atomic E-state index is 0.145. The van der Waals surface area contributed by atoms with Crippen LogP contribution in [0.2, 0.25) is 0 Å². The lowest BCUT2D eigenvalue weighted by Crippen LogP contribution is -2.08. The summed E-state index contributed by atoms with van der Waals surface area (Å²) in [5, 5.41) is 0. The van der Waals surface area contributed by atoms with Crippen molar-refractivity contribution < 1.29 is 9.21 Å². The first-order valence-electron chi connectivity index (χ1n) is 6.97. The van der Waals surface area contributed by atoms with Gasteiger partial charge in [0.1, 0.15) is 11.5 Å². The number of hydrogen-bond donors (Lipinski definition) is 0. The Balaban J connectivity index is 2.38.